The molecule has 0 bridgehead atoms. The normalized spacial score (nSPS) is 23.2. The lowest BCUT2D eigenvalue weighted by atomic mass is 9.97. The molecule has 1 amide bonds. The van der Waals surface area contributed by atoms with E-state index in [2.05, 4.69) is 26.6 Å². The number of anilines is 1. The number of dihydropyridines is 1. The highest BCUT2D eigenvalue weighted by Crippen LogP contribution is 2.36. The van der Waals surface area contributed by atoms with E-state index in [0.717, 1.165) is 41.3 Å². The third-order valence-corrected chi connectivity index (χ3v) is 7.17. The van der Waals surface area contributed by atoms with E-state index in [0.29, 0.717) is 37.4 Å². The molecule has 1 saturated heterocycles. The molecular formula is C27H29FN6O3. The van der Waals surface area contributed by atoms with Gasteiger partial charge in [-0.25, -0.2) is 9.37 Å². The second-order valence-electron chi connectivity index (χ2n) is 9.80. The van der Waals surface area contributed by atoms with E-state index in [-0.39, 0.29) is 17.8 Å². The monoisotopic (exact) mass is 504 g/mol. The lowest BCUT2D eigenvalue weighted by molar-refractivity contribution is -0.0507. The number of imidazole rings is 1. The Hall–Kier alpha value is -3.76. The third-order valence-electron chi connectivity index (χ3n) is 7.17. The largest absolute Gasteiger partial charge is 0.382 e. The number of rotatable bonds is 6. The molecule has 3 aliphatic heterocycles. The Balaban J connectivity index is 1.25. The molecule has 10 heteroatoms. The van der Waals surface area contributed by atoms with Crippen LogP contribution in [0.3, 0.4) is 0 Å². The zero-order valence-electron chi connectivity index (χ0n) is 20.8. The summed E-state index contributed by atoms with van der Waals surface area (Å²) < 4.78 is 26.5. The van der Waals surface area contributed by atoms with Crippen molar-refractivity contribution in [3.63, 3.8) is 0 Å². The summed E-state index contributed by atoms with van der Waals surface area (Å²) in [6, 6.07) is 6.69. The minimum atomic E-state index is -0.597. The number of hydrogen-bond acceptors (Lipinski definition) is 7. The maximum atomic E-state index is 13.7. The van der Waals surface area contributed by atoms with E-state index in [1.165, 1.54) is 12.1 Å². The summed E-state index contributed by atoms with van der Waals surface area (Å²) in [5, 5.41) is 6.47. The number of aromatic nitrogens is 2. The summed E-state index contributed by atoms with van der Waals surface area (Å²) in [5.74, 6) is -0.468. The first-order chi connectivity index (χ1) is 17.9. The summed E-state index contributed by atoms with van der Waals surface area (Å²) in [7, 11) is 1.68. The number of ether oxygens (including phenoxy) is 2. The van der Waals surface area contributed by atoms with Crippen LogP contribution in [-0.2, 0) is 16.0 Å². The third kappa shape index (κ3) is 4.36. The van der Waals surface area contributed by atoms with Gasteiger partial charge in [-0.05, 0) is 24.6 Å². The maximum absolute atomic E-state index is 13.7. The average molecular weight is 505 g/mol. The topological polar surface area (TPSA) is 92.5 Å². The van der Waals surface area contributed by atoms with E-state index in [1.807, 2.05) is 29.7 Å². The van der Waals surface area contributed by atoms with Crippen molar-refractivity contribution in [1.82, 2.24) is 19.6 Å². The molecule has 3 aliphatic rings. The van der Waals surface area contributed by atoms with E-state index >= 15 is 0 Å². The van der Waals surface area contributed by atoms with Gasteiger partial charge in [0, 0.05) is 62.9 Å². The molecule has 9 nitrogen and oxygen atoms in total. The average Bonchev–Trinajstić information content (AvgIpc) is 3.49. The van der Waals surface area contributed by atoms with Gasteiger partial charge >= 0.3 is 0 Å². The van der Waals surface area contributed by atoms with Gasteiger partial charge in [0.1, 0.15) is 17.1 Å². The fourth-order valence-corrected chi connectivity index (χ4v) is 5.29. The Kier molecular flexibility index (Phi) is 5.92. The van der Waals surface area contributed by atoms with Crippen LogP contribution in [0.1, 0.15) is 29.3 Å². The number of aliphatic imine (C=N–C) groups is 1. The molecule has 2 atom stereocenters. The number of morpholine rings is 1. The van der Waals surface area contributed by atoms with Crippen molar-refractivity contribution in [3.05, 3.63) is 65.4 Å². The van der Waals surface area contributed by atoms with Gasteiger partial charge in [0.2, 0.25) is 0 Å². The summed E-state index contributed by atoms with van der Waals surface area (Å²) >= 11 is 0. The van der Waals surface area contributed by atoms with Gasteiger partial charge in [-0.2, -0.15) is 0 Å². The number of pyridine rings is 1. The minimum absolute atomic E-state index is 0.0473. The van der Waals surface area contributed by atoms with E-state index < -0.39 is 5.66 Å². The molecule has 3 aromatic rings. The Morgan fingerprint density at radius 2 is 2.24 bits per heavy atom. The second kappa shape index (κ2) is 9.28. The maximum Gasteiger partial charge on any atom is 0.254 e. The van der Waals surface area contributed by atoms with Crippen LogP contribution in [0, 0.1) is 5.82 Å². The smallest absolute Gasteiger partial charge is 0.254 e. The lowest BCUT2D eigenvalue weighted by Gasteiger charge is -2.37. The van der Waals surface area contributed by atoms with Crippen LogP contribution in [0.5, 0.6) is 0 Å². The molecule has 0 saturated carbocycles. The van der Waals surface area contributed by atoms with Gasteiger partial charge in [0.25, 0.3) is 5.91 Å². The lowest BCUT2D eigenvalue weighted by Crippen LogP contribution is -2.45. The highest BCUT2D eigenvalue weighted by Gasteiger charge is 2.32. The molecule has 1 unspecified atom stereocenters. The van der Waals surface area contributed by atoms with Gasteiger partial charge in [0.05, 0.1) is 42.5 Å². The van der Waals surface area contributed by atoms with Gasteiger partial charge in [0.15, 0.2) is 0 Å². The molecular weight excluding hydrogens is 475 g/mol. The van der Waals surface area contributed by atoms with Crippen LogP contribution in [-0.4, -0.2) is 71.6 Å². The Morgan fingerprint density at radius 1 is 1.35 bits per heavy atom. The number of benzene rings is 1. The summed E-state index contributed by atoms with van der Waals surface area (Å²) in [6.45, 7) is 5.24. The summed E-state index contributed by atoms with van der Waals surface area (Å²) in [6.07, 6.45) is 8.17. The number of allylic oxidation sites excluding steroid dienone is 1. The molecule has 1 aromatic carbocycles. The fraction of sp³-hybridized carbons (Fsp3) is 0.370. The number of methoxy groups -OCH3 is 1. The van der Waals surface area contributed by atoms with Crippen molar-refractivity contribution in [1.29, 1.82) is 0 Å². The highest BCUT2D eigenvalue weighted by molar-refractivity contribution is 6.05. The zero-order chi connectivity index (χ0) is 25.6. The number of halogens is 1. The van der Waals surface area contributed by atoms with Gasteiger partial charge in [-0.3, -0.25) is 14.2 Å². The fourth-order valence-electron chi connectivity index (χ4n) is 5.29. The molecule has 2 aromatic heterocycles. The minimum Gasteiger partial charge on any atom is -0.382 e. The molecule has 0 spiro atoms. The summed E-state index contributed by atoms with van der Waals surface area (Å²) in [4.78, 5) is 24.4. The van der Waals surface area contributed by atoms with Gasteiger partial charge in [-0.15, -0.1) is 0 Å². The molecule has 0 aliphatic carbocycles. The number of carbonyl (C=O) groups excluding carboxylic acids is 1. The van der Waals surface area contributed by atoms with Crippen molar-refractivity contribution in [2.45, 2.75) is 31.7 Å². The number of nitrogens with one attached hydrogen (secondary N) is 2. The predicted octanol–water partition coefficient (Wildman–Crippen LogP) is 3.22. The number of hydrogen-bond donors (Lipinski definition) is 2. The molecule has 2 N–H and O–H groups in total. The van der Waals surface area contributed by atoms with Crippen LogP contribution in [0.25, 0.3) is 16.9 Å². The SMILES string of the molecule is COC[C@@H]1CN(C2=CCC(C)(Nc3ccc(-c4cnc5cc(F)ccn45)c4c3C(=O)NC4)N=C2)CCO1. The number of fused-ring (bicyclic) bond motifs is 2. The van der Waals surface area contributed by atoms with Crippen LogP contribution in [0.4, 0.5) is 10.1 Å². The number of amides is 1. The van der Waals surface area contributed by atoms with Crippen molar-refractivity contribution in [2.24, 2.45) is 4.99 Å². The van der Waals surface area contributed by atoms with E-state index in [1.54, 1.807) is 19.5 Å². The van der Waals surface area contributed by atoms with E-state index in [4.69, 9.17) is 14.5 Å². The predicted molar refractivity (Wildman–Crippen MR) is 138 cm³/mol. The first-order valence-electron chi connectivity index (χ1n) is 12.4. The van der Waals surface area contributed by atoms with E-state index in [9.17, 15) is 9.18 Å². The van der Waals surface area contributed by atoms with Crippen molar-refractivity contribution in [3.8, 4) is 11.3 Å². The van der Waals surface area contributed by atoms with Crippen LogP contribution in [0.15, 0.2) is 53.4 Å². The zero-order valence-corrected chi connectivity index (χ0v) is 20.8. The molecule has 6 rings (SSSR count). The Bertz CT molecular complexity index is 1430. The van der Waals surface area contributed by atoms with Crippen LogP contribution >= 0.6 is 0 Å². The van der Waals surface area contributed by atoms with Gasteiger partial charge in [-0.1, -0.05) is 12.1 Å². The van der Waals surface area contributed by atoms with Crippen LogP contribution < -0.4 is 10.6 Å². The molecule has 1 fully saturated rings. The van der Waals surface area contributed by atoms with Crippen molar-refractivity contribution >= 4 is 23.5 Å². The highest BCUT2D eigenvalue weighted by atomic mass is 19.1. The quantitative estimate of drug-likeness (QED) is 0.536. The van der Waals surface area contributed by atoms with Crippen LogP contribution in [0.2, 0.25) is 0 Å². The second-order valence-corrected chi connectivity index (χ2v) is 9.80. The molecule has 5 heterocycles. The molecule has 0 radical (unpaired) electrons. The molecule has 192 valence electrons. The van der Waals surface area contributed by atoms with Crippen molar-refractivity contribution < 1.29 is 18.7 Å². The number of carbonyl (C=O) groups is 1. The van der Waals surface area contributed by atoms with Gasteiger partial charge < -0.3 is 25.0 Å². The first-order valence-corrected chi connectivity index (χ1v) is 12.4. The standard InChI is InChI=1S/C27H29FN6O3/c1-27(7-5-18(12-31-27)33-9-10-37-19(15-33)16-36-2)32-22-4-3-20(21-13-30-26(35)25(21)22)23-14-29-24-11-17(28)6-8-34(23)24/h3-6,8,11-12,14,19,32H,7,9-10,13,15-16H2,1-2H3,(H,30,35)/t19-,27?/m0/s1. The Labute approximate surface area is 214 Å². The number of nitrogens with zero attached hydrogens (tertiary/aromatic N) is 4. The van der Waals surface area contributed by atoms with Crippen molar-refractivity contribution in [2.75, 3.05) is 38.7 Å². The Morgan fingerprint density at radius 3 is 3.05 bits per heavy atom. The first kappa shape index (κ1) is 23.6. The summed E-state index contributed by atoms with van der Waals surface area (Å²) in [5.41, 5.74) is 4.92. The molecule has 37 heavy (non-hydrogen) atoms.